The third kappa shape index (κ3) is 3.04. The molecule has 2 aromatic carbocycles. The van der Waals surface area contributed by atoms with Crippen LogP contribution in [0.2, 0.25) is 0 Å². The number of ether oxygens (including phenoxy) is 1. The average Bonchev–Trinajstić information content (AvgIpc) is 2.91. The van der Waals surface area contributed by atoms with E-state index in [1.165, 1.54) is 0 Å². The number of carbonyl (C=O) groups is 1. The molecule has 0 radical (unpaired) electrons. The lowest BCUT2D eigenvalue weighted by Gasteiger charge is -2.15. The topological polar surface area (TPSA) is 51.5 Å². The van der Waals surface area contributed by atoms with Crippen molar-refractivity contribution in [2.24, 2.45) is 0 Å². The minimum atomic E-state index is -0.231. The summed E-state index contributed by atoms with van der Waals surface area (Å²) in [5.74, 6) is 0.836. The third-order valence-electron chi connectivity index (χ3n) is 4.07. The van der Waals surface area contributed by atoms with E-state index in [1.807, 2.05) is 56.3 Å². The number of methoxy groups -OCH3 is 1. The Morgan fingerprint density at radius 2 is 2.00 bits per heavy atom. The van der Waals surface area contributed by atoms with E-state index < -0.39 is 0 Å². The molecular formula is C19H18BrNO3. The molecule has 3 rings (SSSR count). The van der Waals surface area contributed by atoms with Gasteiger partial charge in [-0.1, -0.05) is 34.1 Å². The van der Waals surface area contributed by atoms with Crippen LogP contribution in [0.15, 0.2) is 51.4 Å². The summed E-state index contributed by atoms with van der Waals surface area (Å²) in [4.78, 5) is 12.6. The molecule has 0 saturated heterocycles. The molecule has 1 atom stereocenters. The maximum atomic E-state index is 12.6. The van der Waals surface area contributed by atoms with Crippen molar-refractivity contribution in [1.82, 2.24) is 5.32 Å². The van der Waals surface area contributed by atoms with Crippen molar-refractivity contribution in [2.75, 3.05) is 7.11 Å². The summed E-state index contributed by atoms with van der Waals surface area (Å²) in [7, 11) is 1.61. The Bertz CT molecular complexity index is 901. The van der Waals surface area contributed by atoms with E-state index in [-0.39, 0.29) is 11.9 Å². The van der Waals surface area contributed by atoms with Gasteiger partial charge < -0.3 is 14.5 Å². The molecule has 0 aliphatic carbocycles. The minimum absolute atomic E-state index is 0.143. The Morgan fingerprint density at radius 3 is 2.71 bits per heavy atom. The van der Waals surface area contributed by atoms with E-state index in [0.29, 0.717) is 11.3 Å². The lowest BCUT2D eigenvalue weighted by Crippen LogP contribution is -2.27. The molecule has 0 fully saturated rings. The van der Waals surface area contributed by atoms with Crippen LogP contribution in [0.3, 0.4) is 0 Å². The summed E-state index contributed by atoms with van der Waals surface area (Å²) in [6.07, 6.45) is 0. The number of rotatable bonds is 4. The van der Waals surface area contributed by atoms with Crippen LogP contribution in [0, 0.1) is 6.92 Å². The zero-order chi connectivity index (χ0) is 17.3. The fourth-order valence-electron chi connectivity index (χ4n) is 2.71. The number of nitrogens with one attached hydrogen (secondary N) is 1. The highest BCUT2D eigenvalue weighted by Crippen LogP contribution is 2.29. The van der Waals surface area contributed by atoms with Crippen molar-refractivity contribution in [3.63, 3.8) is 0 Å². The largest absolute Gasteiger partial charge is 0.497 e. The van der Waals surface area contributed by atoms with Gasteiger partial charge in [0.25, 0.3) is 5.91 Å². The van der Waals surface area contributed by atoms with Crippen molar-refractivity contribution in [3.05, 3.63) is 63.8 Å². The lowest BCUT2D eigenvalue weighted by molar-refractivity contribution is 0.0913. The normalized spacial score (nSPS) is 12.2. The highest BCUT2D eigenvalue weighted by atomic mass is 79.9. The van der Waals surface area contributed by atoms with E-state index in [0.717, 1.165) is 26.7 Å². The molecular weight excluding hydrogens is 370 g/mol. The van der Waals surface area contributed by atoms with Gasteiger partial charge in [-0.25, -0.2) is 0 Å². The molecule has 1 heterocycles. The predicted octanol–water partition coefficient (Wildman–Crippen LogP) is 5.00. The Morgan fingerprint density at radius 1 is 1.25 bits per heavy atom. The molecule has 0 bridgehead atoms. The Labute approximate surface area is 148 Å². The van der Waals surface area contributed by atoms with Crippen molar-refractivity contribution >= 4 is 32.8 Å². The minimum Gasteiger partial charge on any atom is -0.497 e. The van der Waals surface area contributed by atoms with Crippen molar-refractivity contribution in [1.29, 1.82) is 0 Å². The summed E-state index contributed by atoms with van der Waals surface area (Å²) in [6, 6.07) is 13.2. The number of carbonyl (C=O) groups excluding carboxylic acids is 1. The molecule has 0 aliphatic heterocycles. The van der Waals surface area contributed by atoms with E-state index in [1.54, 1.807) is 7.11 Å². The molecule has 0 spiro atoms. The molecule has 0 aliphatic rings. The van der Waals surface area contributed by atoms with Crippen LogP contribution in [0.25, 0.3) is 11.0 Å². The summed E-state index contributed by atoms with van der Waals surface area (Å²) < 4.78 is 11.9. The highest BCUT2D eigenvalue weighted by molar-refractivity contribution is 9.10. The van der Waals surface area contributed by atoms with Crippen LogP contribution in [-0.2, 0) is 0 Å². The zero-order valence-electron chi connectivity index (χ0n) is 13.7. The van der Waals surface area contributed by atoms with Crippen molar-refractivity contribution < 1.29 is 13.9 Å². The number of amides is 1. The Kier molecular flexibility index (Phi) is 4.62. The van der Waals surface area contributed by atoms with Gasteiger partial charge in [0.1, 0.15) is 11.3 Å². The predicted molar refractivity (Wildman–Crippen MR) is 97.5 cm³/mol. The lowest BCUT2D eigenvalue weighted by atomic mass is 10.1. The Balaban J connectivity index is 1.89. The maximum absolute atomic E-state index is 12.6. The van der Waals surface area contributed by atoms with E-state index in [9.17, 15) is 4.79 Å². The van der Waals surface area contributed by atoms with Crippen LogP contribution < -0.4 is 10.1 Å². The standard InChI is InChI=1S/C19H18BrNO3/c1-11-15-10-13(23-3)8-9-17(15)24-18(11)19(22)21-12(2)14-6-4-5-7-16(14)20/h4-10,12H,1-3H3,(H,21,22). The van der Waals surface area contributed by atoms with Gasteiger partial charge in [0.15, 0.2) is 5.76 Å². The molecule has 1 unspecified atom stereocenters. The van der Waals surface area contributed by atoms with Crippen LogP contribution in [-0.4, -0.2) is 13.0 Å². The van der Waals surface area contributed by atoms with E-state index >= 15 is 0 Å². The van der Waals surface area contributed by atoms with Crippen LogP contribution in [0.4, 0.5) is 0 Å². The van der Waals surface area contributed by atoms with Gasteiger partial charge in [0.2, 0.25) is 0 Å². The summed E-state index contributed by atoms with van der Waals surface area (Å²) >= 11 is 3.51. The molecule has 3 aromatic rings. The first kappa shape index (κ1) is 16.6. The van der Waals surface area contributed by atoms with Gasteiger partial charge in [-0.05, 0) is 43.7 Å². The van der Waals surface area contributed by atoms with Crippen LogP contribution in [0.1, 0.15) is 34.6 Å². The van der Waals surface area contributed by atoms with Crippen molar-refractivity contribution in [3.8, 4) is 5.75 Å². The monoisotopic (exact) mass is 387 g/mol. The number of hydrogen-bond acceptors (Lipinski definition) is 3. The molecule has 1 amide bonds. The first-order valence-electron chi connectivity index (χ1n) is 7.63. The van der Waals surface area contributed by atoms with E-state index in [4.69, 9.17) is 9.15 Å². The quantitative estimate of drug-likeness (QED) is 0.684. The highest BCUT2D eigenvalue weighted by Gasteiger charge is 2.20. The second-order valence-corrected chi connectivity index (χ2v) is 6.49. The SMILES string of the molecule is COc1ccc2oc(C(=O)NC(C)c3ccccc3Br)c(C)c2c1. The zero-order valence-corrected chi connectivity index (χ0v) is 15.3. The Hall–Kier alpha value is -2.27. The van der Waals surface area contributed by atoms with E-state index in [2.05, 4.69) is 21.2 Å². The summed E-state index contributed by atoms with van der Waals surface area (Å²) in [5.41, 5.74) is 2.49. The number of benzene rings is 2. The fraction of sp³-hybridized carbons (Fsp3) is 0.211. The second-order valence-electron chi connectivity index (χ2n) is 5.63. The second kappa shape index (κ2) is 6.69. The smallest absolute Gasteiger partial charge is 0.287 e. The third-order valence-corrected chi connectivity index (χ3v) is 4.79. The van der Waals surface area contributed by atoms with Crippen LogP contribution in [0.5, 0.6) is 5.75 Å². The number of furan rings is 1. The first-order valence-corrected chi connectivity index (χ1v) is 8.43. The molecule has 124 valence electrons. The van der Waals surface area contributed by atoms with Gasteiger partial charge in [-0.2, -0.15) is 0 Å². The van der Waals surface area contributed by atoms with Gasteiger partial charge in [0.05, 0.1) is 13.2 Å². The number of halogens is 1. The molecule has 1 aromatic heterocycles. The maximum Gasteiger partial charge on any atom is 0.287 e. The van der Waals surface area contributed by atoms with Gasteiger partial charge in [-0.3, -0.25) is 4.79 Å². The van der Waals surface area contributed by atoms with Gasteiger partial charge in [0, 0.05) is 15.4 Å². The average molecular weight is 388 g/mol. The fourth-order valence-corrected chi connectivity index (χ4v) is 3.34. The molecule has 1 N–H and O–H groups in total. The molecule has 24 heavy (non-hydrogen) atoms. The molecule has 5 heteroatoms. The molecule has 0 saturated carbocycles. The van der Waals surface area contributed by atoms with Crippen LogP contribution >= 0.6 is 15.9 Å². The van der Waals surface area contributed by atoms with Crippen molar-refractivity contribution in [2.45, 2.75) is 19.9 Å². The summed E-state index contributed by atoms with van der Waals surface area (Å²) in [5, 5.41) is 3.87. The number of hydrogen-bond donors (Lipinski definition) is 1. The van der Waals surface area contributed by atoms with Gasteiger partial charge >= 0.3 is 0 Å². The number of aryl methyl sites for hydroxylation is 1. The summed E-state index contributed by atoms with van der Waals surface area (Å²) in [6.45, 7) is 3.82. The van der Waals surface area contributed by atoms with Gasteiger partial charge in [-0.15, -0.1) is 0 Å². The first-order chi connectivity index (χ1) is 11.5. The number of fused-ring (bicyclic) bond motifs is 1. The molecule has 4 nitrogen and oxygen atoms in total.